The summed E-state index contributed by atoms with van der Waals surface area (Å²) in [4.78, 5) is 37.7. The Labute approximate surface area is 250 Å². The molecule has 1 aliphatic heterocycles. The van der Waals surface area contributed by atoms with E-state index >= 15 is 0 Å². The van der Waals surface area contributed by atoms with Crippen LogP contribution in [0.4, 0.5) is 10.5 Å². The molecule has 3 aromatic carbocycles. The van der Waals surface area contributed by atoms with Gasteiger partial charge in [-0.1, -0.05) is 41.4 Å². The smallest absolute Gasteiger partial charge is 0.293 e. The highest BCUT2D eigenvalue weighted by Gasteiger charge is 2.35. The van der Waals surface area contributed by atoms with Crippen LogP contribution in [0.25, 0.3) is 11.8 Å². The lowest BCUT2D eigenvalue weighted by molar-refractivity contribution is -0.384. The third-order valence-electron chi connectivity index (χ3n) is 6.60. The molecule has 4 aromatic rings. The Hall–Kier alpha value is -4.05. The van der Waals surface area contributed by atoms with E-state index in [9.17, 15) is 19.7 Å². The molecule has 1 fully saturated rings. The van der Waals surface area contributed by atoms with Gasteiger partial charge in [-0.3, -0.25) is 24.6 Å². The molecule has 8 nitrogen and oxygen atoms in total. The van der Waals surface area contributed by atoms with Crippen molar-refractivity contribution in [1.29, 1.82) is 0 Å². The number of hydrogen-bond acceptors (Lipinski definition) is 6. The summed E-state index contributed by atoms with van der Waals surface area (Å²) < 4.78 is 7.95. The number of imide groups is 1. The molecule has 0 bridgehead atoms. The number of ether oxygens (including phenoxy) is 1. The van der Waals surface area contributed by atoms with Crippen molar-refractivity contribution in [2.75, 3.05) is 0 Å². The minimum atomic E-state index is -0.509. The second-order valence-corrected chi connectivity index (χ2v) is 11.2. The summed E-state index contributed by atoms with van der Waals surface area (Å²) in [6, 6.07) is 20.8. The minimum Gasteiger partial charge on any atom is -0.489 e. The highest BCUT2D eigenvalue weighted by atomic mass is 35.5. The molecular weight excluding hydrogens is 585 g/mol. The number of amides is 2. The van der Waals surface area contributed by atoms with Gasteiger partial charge >= 0.3 is 0 Å². The van der Waals surface area contributed by atoms with E-state index in [1.807, 2.05) is 50.2 Å². The lowest BCUT2D eigenvalue weighted by atomic mass is 10.2. The Bertz CT molecular complexity index is 1720. The number of rotatable bonds is 8. The fourth-order valence-corrected chi connectivity index (χ4v) is 5.84. The quantitative estimate of drug-likeness (QED) is 0.114. The number of aryl methyl sites for hydroxylation is 1. The molecule has 0 radical (unpaired) electrons. The fourth-order valence-electron chi connectivity index (χ4n) is 4.55. The number of non-ortho nitro benzene ring substituents is 1. The molecule has 0 aliphatic carbocycles. The van der Waals surface area contributed by atoms with Gasteiger partial charge in [0.05, 0.1) is 16.4 Å². The van der Waals surface area contributed by atoms with Gasteiger partial charge in [0, 0.05) is 44.8 Å². The summed E-state index contributed by atoms with van der Waals surface area (Å²) in [5.41, 5.74) is 4.81. The monoisotopic (exact) mass is 607 g/mol. The second kappa shape index (κ2) is 11.8. The van der Waals surface area contributed by atoms with Crippen LogP contribution in [-0.2, 0) is 17.9 Å². The SMILES string of the molecule is Cc1cc(C=C2SC(=O)N(Cc3cccc([N+](=O)[O-])c3)C2=O)c(C)n1-c1ccc(OCc2ccc(Cl)cc2Cl)cc1. The maximum absolute atomic E-state index is 13.1. The van der Waals surface area contributed by atoms with Gasteiger partial charge in [0.25, 0.3) is 16.8 Å². The molecular formula is C30H23Cl2N3O5S. The van der Waals surface area contributed by atoms with Crippen molar-refractivity contribution in [2.24, 2.45) is 0 Å². The first-order chi connectivity index (χ1) is 19.6. The van der Waals surface area contributed by atoms with Gasteiger partial charge < -0.3 is 9.30 Å². The summed E-state index contributed by atoms with van der Waals surface area (Å²) >= 11 is 13.1. The molecule has 41 heavy (non-hydrogen) atoms. The molecule has 1 aromatic heterocycles. The summed E-state index contributed by atoms with van der Waals surface area (Å²) in [6.07, 6.45) is 1.71. The molecule has 0 saturated carbocycles. The third kappa shape index (κ3) is 6.17. The molecule has 2 amide bonds. The molecule has 1 saturated heterocycles. The standard InChI is InChI=1S/C30H23Cl2N3O5S/c1-18-12-22(14-28-29(36)33(30(37)41-28)16-20-4-3-5-25(13-20)35(38)39)19(2)34(18)24-8-10-26(11-9-24)40-17-21-6-7-23(31)15-27(21)32/h3-15H,16-17H2,1-2H3. The van der Waals surface area contributed by atoms with E-state index in [1.165, 1.54) is 18.2 Å². The number of thioether (sulfide) groups is 1. The average molecular weight is 609 g/mol. The maximum atomic E-state index is 13.1. The molecule has 1 aliphatic rings. The number of halogens is 2. The Kier molecular flexibility index (Phi) is 8.21. The Balaban J connectivity index is 1.31. The highest BCUT2D eigenvalue weighted by molar-refractivity contribution is 8.18. The molecule has 11 heteroatoms. The van der Waals surface area contributed by atoms with Crippen LogP contribution in [-0.4, -0.2) is 25.5 Å². The van der Waals surface area contributed by atoms with E-state index in [0.717, 1.165) is 44.9 Å². The van der Waals surface area contributed by atoms with Crippen molar-refractivity contribution < 1.29 is 19.2 Å². The number of carbonyl (C=O) groups excluding carboxylic acids is 2. The summed E-state index contributed by atoms with van der Waals surface area (Å²) in [6.45, 7) is 4.17. The van der Waals surface area contributed by atoms with Gasteiger partial charge in [0.15, 0.2) is 0 Å². The molecule has 0 atom stereocenters. The molecule has 0 spiro atoms. The van der Waals surface area contributed by atoms with Crippen LogP contribution in [0, 0.1) is 24.0 Å². The van der Waals surface area contributed by atoms with E-state index in [4.69, 9.17) is 27.9 Å². The van der Waals surface area contributed by atoms with Gasteiger partial charge in [0.2, 0.25) is 0 Å². The van der Waals surface area contributed by atoms with Crippen LogP contribution in [0.5, 0.6) is 5.75 Å². The normalized spacial score (nSPS) is 14.2. The van der Waals surface area contributed by atoms with Gasteiger partial charge in [-0.2, -0.15) is 0 Å². The molecule has 208 valence electrons. The zero-order valence-electron chi connectivity index (χ0n) is 22.0. The zero-order chi connectivity index (χ0) is 29.3. The van der Waals surface area contributed by atoms with Gasteiger partial charge in [-0.05, 0) is 85.3 Å². The highest BCUT2D eigenvalue weighted by Crippen LogP contribution is 2.35. The Morgan fingerprint density at radius 1 is 1.00 bits per heavy atom. The number of nitro groups is 1. The molecule has 0 unspecified atom stereocenters. The van der Waals surface area contributed by atoms with E-state index in [2.05, 4.69) is 4.57 Å². The first-order valence-electron chi connectivity index (χ1n) is 12.5. The number of carbonyl (C=O) groups is 2. The lowest BCUT2D eigenvalue weighted by Crippen LogP contribution is -2.27. The van der Waals surface area contributed by atoms with Crippen molar-refractivity contribution in [3.63, 3.8) is 0 Å². The van der Waals surface area contributed by atoms with E-state index in [0.29, 0.717) is 32.9 Å². The van der Waals surface area contributed by atoms with Gasteiger partial charge in [-0.25, -0.2) is 0 Å². The first kappa shape index (κ1) is 28.5. The summed E-state index contributed by atoms with van der Waals surface area (Å²) in [7, 11) is 0. The summed E-state index contributed by atoms with van der Waals surface area (Å²) in [5, 5.41) is 11.8. The lowest BCUT2D eigenvalue weighted by Gasteiger charge is -2.12. The fraction of sp³-hybridized carbons (Fsp3) is 0.133. The first-order valence-corrected chi connectivity index (χ1v) is 14.0. The number of nitrogens with zero attached hydrogens (tertiary/aromatic N) is 3. The van der Waals surface area contributed by atoms with Crippen molar-refractivity contribution in [3.8, 4) is 11.4 Å². The zero-order valence-corrected chi connectivity index (χ0v) is 24.3. The Morgan fingerprint density at radius 2 is 1.76 bits per heavy atom. The number of benzene rings is 3. The van der Waals surface area contributed by atoms with Crippen LogP contribution < -0.4 is 4.74 Å². The van der Waals surface area contributed by atoms with Crippen LogP contribution in [0.1, 0.15) is 28.1 Å². The predicted octanol–water partition coefficient (Wildman–Crippen LogP) is 8.12. The topological polar surface area (TPSA) is 94.7 Å². The van der Waals surface area contributed by atoms with E-state index < -0.39 is 16.1 Å². The average Bonchev–Trinajstić information content (AvgIpc) is 3.37. The van der Waals surface area contributed by atoms with Crippen molar-refractivity contribution in [2.45, 2.75) is 27.0 Å². The minimum absolute atomic E-state index is 0.0403. The van der Waals surface area contributed by atoms with E-state index in [1.54, 1.807) is 24.3 Å². The predicted molar refractivity (Wildman–Crippen MR) is 161 cm³/mol. The molecule has 2 heterocycles. The third-order valence-corrected chi connectivity index (χ3v) is 8.09. The van der Waals surface area contributed by atoms with Crippen LogP contribution in [0.3, 0.4) is 0 Å². The van der Waals surface area contributed by atoms with Crippen LogP contribution in [0.15, 0.2) is 77.7 Å². The van der Waals surface area contributed by atoms with E-state index in [-0.39, 0.29) is 12.2 Å². The Morgan fingerprint density at radius 3 is 2.46 bits per heavy atom. The number of hydrogen-bond donors (Lipinski definition) is 0. The van der Waals surface area contributed by atoms with Crippen LogP contribution >= 0.6 is 35.0 Å². The molecule has 0 N–H and O–H groups in total. The van der Waals surface area contributed by atoms with Crippen molar-refractivity contribution >= 4 is 57.9 Å². The number of nitro benzene ring substituents is 1. The summed E-state index contributed by atoms with van der Waals surface area (Å²) in [5.74, 6) is 0.249. The van der Waals surface area contributed by atoms with Crippen molar-refractivity contribution in [1.82, 2.24) is 9.47 Å². The maximum Gasteiger partial charge on any atom is 0.293 e. The van der Waals surface area contributed by atoms with Gasteiger partial charge in [-0.15, -0.1) is 0 Å². The largest absolute Gasteiger partial charge is 0.489 e. The molecule has 5 rings (SSSR count). The van der Waals surface area contributed by atoms with Gasteiger partial charge in [0.1, 0.15) is 12.4 Å². The number of aromatic nitrogens is 1. The van der Waals surface area contributed by atoms with Crippen LogP contribution in [0.2, 0.25) is 10.0 Å². The van der Waals surface area contributed by atoms with Crippen molar-refractivity contribution in [3.05, 3.63) is 126 Å². The second-order valence-electron chi connectivity index (χ2n) is 9.38.